The molecular formula is C42H36N2. The first kappa shape index (κ1) is 26.5. The first-order chi connectivity index (χ1) is 21.8. The van der Waals surface area contributed by atoms with Crippen molar-refractivity contribution in [3.8, 4) is 5.69 Å². The van der Waals surface area contributed by atoms with Gasteiger partial charge in [0.05, 0.1) is 11.0 Å². The Balaban J connectivity index is 1.32. The van der Waals surface area contributed by atoms with Crippen LogP contribution in [0.15, 0.2) is 158 Å². The Hall–Kier alpha value is -5.08. The van der Waals surface area contributed by atoms with Crippen LogP contribution in [0, 0.1) is 0 Å². The zero-order chi connectivity index (χ0) is 29.3. The number of fused-ring (bicyclic) bond motifs is 3. The second-order valence-corrected chi connectivity index (χ2v) is 12.1. The molecule has 0 radical (unpaired) electrons. The van der Waals surface area contributed by atoms with E-state index in [2.05, 4.69) is 167 Å². The van der Waals surface area contributed by atoms with Gasteiger partial charge in [0.15, 0.2) is 0 Å². The molecule has 1 aromatic heterocycles. The van der Waals surface area contributed by atoms with Gasteiger partial charge >= 0.3 is 0 Å². The van der Waals surface area contributed by atoms with E-state index in [1.807, 2.05) is 0 Å². The van der Waals surface area contributed by atoms with E-state index < -0.39 is 0 Å². The summed E-state index contributed by atoms with van der Waals surface area (Å²) in [5.74, 6) is 0. The molecule has 0 spiro atoms. The van der Waals surface area contributed by atoms with Crippen molar-refractivity contribution in [1.29, 1.82) is 0 Å². The maximum atomic E-state index is 2.46. The second kappa shape index (κ2) is 11.2. The van der Waals surface area contributed by atoms with Crippen molar-refractivity contribution in [2.24, 2.45) is 0 Å². The zero-order valence-electron chi connectivity index (χ0n) is 24.9. The molecule has 6 aromatic carbocycles. The molecule has 1 aliphatic rings. The number of aromatic nitrogens is 1. The summed E-state index contributed by atoms with van der Waals surface area (Å²) in [5, 5.41) is 2.52. The standard InChI is InChI=1S/C42H36N2/c1-5-16-32(17-6-1)42(28-13-4-14-29-42)33-18-15-23-36(30-33)43(34-19-7-2-8-20-34)37-26-27-41-39(31-37)38-24-11-12-25-40(38)44(41)35-21-9-3-10-22-35/h1-3,5-12,15-27,30-31H,4,13-14,28-29H2. The summed E-state index contributed by atoms with van der Waals surface area (Å²) in [7, 11) is 0. The van der Waals surface area contributed by atoms with Gasteiger partial charge in [-0.15, -0.1) is 0 Å². The lowest BCUT2D eigenvalue weighted by molar-refractivity contribution is 0.346. The SMILES string of the molecule is c1ccc(N(c2cccc(C3(c4ccccc4)CCCCC3)c2)c2ccc3c(c2)c2ccccc2n3-c2ccccc2)cc1. The Bertz CT molecular complexity index is 2030. The molecule has 0 amide bonds. The minimum absolute atomic E-state index is 0.0466. The number of para-hydroxylation sites is 3. The Morgan fingerprint density at radius 1 is 0.432 bits per heavy atom. The van der Waals surface area contributed by atoms with Crippen molar-refractivity contribution in [2.75, 3.05) is 4.90 Å². The molecule has 0 saturated heterocycles. The van der Waals surface area contributed by atoms with Gasteiger partial charge < -0.3 is 9.47 Å². The predicted molar refractivity (Wildman–Crippen MR) is 186 cm³/mol. The van der Waals surface area contributed by atoms with Gasteiger partial charge in [-0.05, 0) is 84.6 Å². The maximum absolute atomic E-state index is 2.46. The molecule has 44 heavy (non-hydrogen) atoms. The highest BCUT2D eigenvalue weighted by Gasteiger charge is 2.36. The molecule has 214 valence electrons. The van der Waals surface area contributed by atoms with Crippen LogP contribution in [0.2, 0.25) is 0 Å². The van der Waals surface area contributed by atoms with Gasteiger partial charge in [-0.1, -0.05) is 116 Å². The monoisotopic (exact) mass is 568 g/mol. The first-order valence-corrected chi connectivity index (χ1v) is 15.9. The molecule has 2 nitrogen and oxygen atoms in total. The number of benzene rings is 6. The van der Waals surface area contributed by atoms with Crippen LogP contribution in [0.3, 0.4) is 0 Å². The maximum Gasteiger partial charge on any atom is 0.0542 e. The number of hydrogen-bond acceptors (Lipinski definition) is 1. The average molecular weight is 569 g/mol. The van der Waals surface area contributed by atoms with Crippen molar-refractivity contribution in [3.05, 3.63) is 169 Å². The topological polar surface area (TPSA) is 8.17 Å². The van der Waals surface area contributed by atoms with E-state index in [0.29, 0.717) is 0 Å². The lowest BCUT2D eigenvalue weighted by atomic mass is 9.65. The largest absolute Gasteiger partial charge is 0.310 e. The van der Waals surface area contributed by atoms with E-state index in [1.165, 1.54) is 76.4 Å². The highest BCUT2D eigenvalue weighted by atomic mass is 15.1. The number of hydrogen-bond donors (Lipinski definition) is 0. The van der Waals surface area contributed by atoms with Crippen LogP contribution < -0.4 is 4.90 Å². The third-order valence-electron chi connectivity index (χ3n) is 9.63. The molecule has 1 fully saturated rings. The normalized spacial score (nSPS) is 14.5. The van der Waals surface area contributed by atoms with Crippen molar-refractivity contribution in [1.82, 2.24) is 4.57 Å². The van der Waals surface area contributed by atoms with Crippen LogP contribution in [0.1, 0.15) is 43.2 Å². The van der Waals surface area contributed by atoms with Crippen LogP contribution in [-0.4, -0.2) is 4.57 Å². The summed E-state index contributed by atoms with van der Waals surface area (Å²) in [6, 6.07) is 57.8. The summed E-state index contributed by atoms with van der Waals surface area (Å²) in [4.78, 5) is 2.43. The van der Waals surface area contributed by atoms with Crippen molar-refractivity contribution >= 4 is 38.9 Å². The summed E-state index contributed by atoms with van der Waals surface area (Å²) >= 11 is 0. The van der Waals surface area contributed by atoms with E-state index in [0.717, 1.165) is 11.4 Å². The molecule has 0 aliphatic heterocycles. The van der Waals surface area contributed by atoms with Gasteiger partial charge in [0, 0.05) is 38.9 Å². The van der Waals surface area contributed by atoms with Gasteiger partial charge in [0.25, 0.3) is 0 Å². The molecule has 8 rings (SSSR count). The molecule has 7 aromatic rings. The van der Waals surface area contributed by atoms with E-state index in [9.17, 15) is 0 Å². The number of rotatable bonds is 6. The number of anilines is 3. The lowest BCUT2D eigenvalue weighted by Gasteiger charge is -2.39. The van der Waals surface area contributed by atoms with Crippen molar-refractivity contribution < 1.29 is 0 Å². The van der Waals surface area contributed by atoms with Crippen molar-refractivity contribution in [2.45, 2.75) is 37.5 Å². The predicted octanol–water partition coefficient (Wildman–Crippen LogP) is 11.5. The molecule has 0 bridgehead atoms. The lowest BCUT2D eigenvalue weighted by Crippen LogP contribution is -2.30. The fourth-order valence-electron chi connectivity index (χ4n) is 7.58. The fraction of sp³-hybridized carbons (Fsp3) is 0.143. The number of nitrogens with zero attached hydrogens (tertiary/aromatic N) is 2. The Morgan fingerprint density at radius 2 is 1.02 bits per heavy atom. The van der Waals surface area contributed by atoms with Crippen LogP contribution in [0.25, 0.3) is 27.5 Å². The second-order valence-electron chi connectivity index (χ2n) is 12.1. The minimum atomic E-state index is 0.0466. The summed E-state index contributed by atoms with van der Waals surface area (Å²) in [5.41, 5.74) is 10.0. The fourth-order valence-corrected chi connectivity index (χ4v) is 7.58. The van der Waals surface area contributed by atoms with Gasteiger partial charge in [0.2, 0.25) is 0 Å². The summed E-state index contributed by atoms with van der Waals surface area (Å²) in [6.07, 6.45) is 6.24. The van der Waals surface area contributed by atoms with E-state index in [1.54, 1.807) is 0 Å². The van der Waals surface area contributed by atoms with Crippen LogP contribution in [0.5, 0.6) is 0 Å². The van der Waals surface area contributed by atoms with Crippen LogP contribution in [0.4, 0.5) is 17.1 Å². The smallest absolute Gasteiger partial charge is 0.0542 e. The molecule has 0 atom stereocenters. The third kappa shape index (κ3) is 4.50. The van der Waals surface area contributed by atoms with Crippen molar-refractivity contribution in [3.63, 3.8) is 0 Å². The Labute approximate surface area is 259 Å². The molecule has 1 aliphatic carbocycles. The third-order valence-corrected chi connectivity index (χ3v) is 9.63. The van der Waals surface area contributed by atoms with Crippen LogP contribution >= 0.6 is 0 Å². The van der Waals surface area contributed by atoms with E-state index >= 15 is 0 Å². The Kier molecular flexibility index (Phi) is 6.76. The quantitative estimate of drug-likeness (QED) is 0.194. The van der Waals surface area contributed by atoms with Crippen LogP contribution in [-0.2, 0) is 5.41 Å². The van der Waals surface area contributed by atoms with E-state index in [-0.39, 0.29) is 5.41 Å². The minimum Gasteiger partial charge on any atom is -0.310 e. The highest BCUT2D eigenvalue weighted by Crippen LogP contribution is 2.47. The molecule has 1 saturated carbocycles. The van der Waals surface area contributed by atoms with E-state index in [4.69, 9.17) is 0 Å². The Morgan fingerprint density at radius 3 is 1.80 bits per heavy atom. The zero-order valence-corrected chi connectivity index (χ0v) is 24.9. The average Bonchev–Trinajstić information content (AvgIpc) is 3.44. The molecule has 0 N–H and O–H groups in total. The molecule has 0 unspecified atom stereocenters. The van der Waals surface area contributed by atoms with Gasteiger partial charge in [0.1, 0.15) is 0 Å². The first-order valence-electron chi connectivity index (χ1n) is 15.9. The summed E-state index contributed by atoms with van der Waals surface area (Å²) in [6.45, 7) is 0. The molecule has 1 heterocycles. The molecule has 2 heteroatoms. The van der Waals surface area contributed by atoms with Gasteiger partial charge in [-0.3, -0.25) is 0 Å². The highest BCUT2D eigenvalue weighted by molar-refractivity contribution is 6.10. The summed E-state index contributed by atoms with van der Waals surface area (Å²) < 4.78 is 2.38. The molecular weight excluding hydrogens is 532 g/mol. The van der Waals surface area contributed by atoms with Gasteiger partial charge in [-0.2, -0.15) is 0 Å². The van der Waals surface area contributed by atoms with Gasteiger partial charge in [-0.25, -0.2) is 0 Å².